The van der Waals surface area contributed by atoms with Gasteiger partial charge in [0.05, 0.1) is 17.5 Å². The van der Waals surface area contributed by atoms with Crippen molar-refractivity contribution in [3.8, 4) is 5.75 Å². The molecule has 1 saturated heterocycles. The molecule has 1 aliphatic rings. The number of hydrogen-bond acceptors (Lipinski definition) is 6. The Kier molecular flexibility index (Phi) is 7.51. The van der Waals surface area contributed by atoms with E-state index in [-0.39, 0.29) is 17.4 Å². The van der Waals surface area contributed by atoms with E-state index in [2.05, 4.69) is 10.1 Å². The average molecular weight is 407 g/mol. The van der Waals surface area contributed by atoms with Gasteiger partial charge in [-0.05, 0) is 19.4 Å². The summed E-state index contributed by atoms with van der Waals surface area (Å²) in [7, 11) is -3.85. The van der Waals surface area contributed by atoms with Gasteiger partial charge in [-0.1, -0.05) is 25.1 Å². The molecule has 2 rings (SSSR count). The molecule has 7 nitrogen and oxygen atoms in total. The number of amides is 1. The van der Waals surface area contributed by atoms with Crippen LogP contribution in [0.15, 0.2) is 24.3 Å². The first-order chi connectivity index (χ1) is 12.8. The van der Waals surface area contributed by atoms with Gasteiger partial charge >= 0.3 is 6.61 Å². The second-order valence-electron chi connectivity index (χ2n) is 6.01. The largest absolute Gasteiger partial charge is 0.435 e. The summed E-state index contributed by atoms with van der Waals surface area (Å²) in [6, 6.07) is 5.26. The first kappa shape index (κ1) is 21.5. The van der Waals surface area contributed by atoms with Gasteiger partial charge in [-0.2, -0.15) is 8.78 Å². The number of rotatable bonds is 9. The predicted molar refractivity (Wildman–Crippen MR) is 93.1 cm³/mol. The van der Waals surface area contributed by atoms with E-state index < -0.39 is 46.3 Å². The van der Waals surface area contributed by atoms with Crippen molar-refractivity contribution in [2.24, 2.45) is 0 Å². The Morgan fingerprint density at radius 2 is 1.96 bits per heavy atom. The molecule has 1 heterocycles. The molecular formula is C17H23F2NO6S. The lowest BCUT2D eigenvalue weighted by molar-refractivity contribution is -0.203. The van der Waals surface area contributed by atoms with E-state index >= 15 is 0 Å². The molecule has 1 N–H and O–H groups in total. The van der Waals surface area contributed by atoms with Crippen LogP contribution in [-0.2, 0) is 29.9 Å². The summed E-state index contributed by atoms with van der Waals surface area (Å²) in [4.78, 5) is 12.2. The molecule has 0 radical (unpaired) electrons. The highest BCUT2D eigenvalue weighted by atomic mass is 32.2. The van der Waals surface area contributed by atoms with Gasteiger partial charge in [0.2, 0.25) is 0 Å². The second-order valence-corrected chi connectivity index (χ2v) is 8.12. The van der Waals surface area contributed by atoms with Crippen molar-refractivity contribution in [3.63, 3.8) is 0 Å². The van der Waals surface area contributed by atoms with Crippen LogP contribution in [0.1, 0.15) is 25.8 Å². The Morgan fingerprint density at radius 1 is 1.26 bits per heavy atom. The number of carbonyl (C=O) groups is 1. The van der Waals surface area contributed by atoms with Gasteiger partial charge in [0.25, 0.3) is 5.91 Å². The zero-order valence-electron chi connectivity index (χ0n) is 15.1. The lowest BCUT2D eigenvalue weighted by Gasteiger charge is -2.35. The standard InChI is InChI=1S/C17H23F2NO6S/c1-3-12-16(24-4-2)25-14(15(21)20-12)10-27(22,23)9-11-7-5-6-8-13(11)26-17(18)19/h5-8,12,14,16-17H,3-4,9-10H2,1-2H3,(H,20,21)/t12-,14-,16?/m0/s1. The number of sulfone groups is 1. The summed E-state index contributed by atoms with van der Waals surface area (Å²) in [6.45, 7) is 0.879. The molecule has 1 unspecified atom stereocenters. The molecule has 0 spiro atoms. The smallest absolute Gasteiger partial charge is 0.387 e. The first-order valence-electron chi connectivity index (χ1n) is 8.56. The quantitative estimate of drug-likeness (QED) is 0.672. The van der Waals surface area contributed by atoms with Crippen LogP contribution in [0, 0.1) is 0 Å². The highest BCUT2D eigenvalue weighted by molar-refractivity contribution is 7.90. The van der Waals surface area contributed by atoms with E-state index in [1.807, 2.05) is 6.92 Å². The van der Waals surface area contributed by atoms with Crippen LogP contribution < -0.4 is 10.1 Å². The first-order valence-corrected chi connectivity index (χ1v) is 10.4. The Morgan fingerprint density at radius 3 is 2.59 bits per heavy atom. The molecule has 152 valence electrons. The Labute approximate surface area is 156 Å². The van der Waals surface area contributed by atoms with Crippen molar-refractivity contribution >= 4 is 15.7 Å². The van der Waals surface area contributed by atoms with Crippen LogP contribution >= 0.6 is 0 Å². The third-order valence-electron chi connectivity index (χ3n) is 3.99. The maximum atomic E-state index is 12.5. The molecular weight excluding hydrogens is 384 g/mol. The fourth-order valence-corrected chi connectivity index (χ4v) is 4.27. The maximum Gasteiger partial charge on any atom is 0.387 e. The number of para-hydroxylation sites is 1. The topological polar surface area (TPSA) is 90.9 Å². The number of hydrogen-bond donors (Lipinski definition) is 1. The molecule has 10 heteroatoms. The molecule has 1 aliphatic heterocycles. The fourth-order valence-electron chi connectivity index (χ4n) is 2.75. The third-order valence-corrected chi connectivity index (χ3v) is 5.55. The summed E-state index contributed by atoms with van der Waals surface area (Å²) in [5, 5.41) is 2.70. The summed E-state index contributed by atoms with van der Waals surface area (Å²) in [5.41, 5.74) is 0.0850. The van der Waals surface area contributed by atoms with E-state index in [4.69, 9.17) is 9.47 Å². The van der Waals surface area contributed by atoms with Crippen LogP contribution in [0.4, 0.5) is 8.78 Å². The van der Waals surface area contributed by atoms with E-state index in [1.54, 1.807) is 6.92 Å². The summed E-state index contributed by atoms with van der Waals surface area (Å²) < 4.78 is 65.3. The number of carbonyl (C=O) groups excluding carboxylic acids is 1. The number of halogens is 2. The minimum atomic E-state index is -3.85. The number of nitrogens with one attached hydrogen (secondary N) is 1. The highest BCUT2D eigenvalue weighted by Gasteiger charge is 2.38. The molecule has 27 heavy (non-hydrogen) atoms. The molecule has 0 saturated carbocycles. The van der Waals surface area contributed by atoms with Crippen molar-refractivity contribution in [2.45, 2.75) is 51.1 Å². The molecule has 1 amide bonds. The van der Waals surface area contributed by atoms with Gasteiger partial charge in [-0.3, -0.25) is 4.79 Å². The van der Waals surface area contributed by atoms with Crippen molar-refractivity contribution in [1.82, 2.24) is 5.32 Å². The SMILES string of the molecule is CCOC1O[C@@H](CS(=O)(=O)Cc2ccccc2OC(F)F)C(=O)N[C@H]1CC. The Balaban J connectivity index is 2.11. The van der Waals surface area contributed by atoms with Gasteiger partial charge in [0.1, 0.15) is 5.75 Å². The van der Waals surface area contributed by atoms with Gasteiger partial charge in [0.15, 0.2) is 22.2 Å². The third kappa shape index (κ3) is 6.12. The minimum Gasteiger partial charge on any atom is -0.435 e. The zero-order valence-corrected chi connectivity index (χ0v) is 15.9. The molecule has 0 aliphatic carbocycles. The monoisotopic (exact) mass is 407 g/mol. The molecule has 0 bridgehead atoms. The van der Waals surface area contributed by atoms with E-state index in [0.29, 0.717) is 13.0 Å². The summed E-state index contributed by atoms with van der Waals surface area (Å²) in [6.07, 6.45) is -1.42. The van der Waals surface area contributed by atoms with E-state index in [9.17, 15) is 22.0 Å². The number of morpholine rings is 1. The lowest BCUT2D eigenvalue weighted by atomic mass is 10.1. The molecule has 3 atom stereocenters. The fraction of sp³-hybridized carbons (Fsp3) is 0.588. The molecule has 1 aromatic rings. The van der Waals surface area contributed by atoms with Gasteiger partial charge < -0.3 is 19.5 Å². The van der Waals surface area contributed by atoms with Crippen LogP contribution in [0.5, 0.6) is 5.75 Å². The van der Waals surface area contributed by atoms with Crippen LogP contribution in [0.2, 0.25) is 0 Å². The van der Waals surface area contributed by atoms with E-state index in [0.717, 1.165) is 0 Å². The Bertz CT molecular complexity index is 743. The summed E-state index contributed by atoms with van der Waals surface area (Å²) in [5.74, 6) is -1.91. The predicted octanol–water partition coefficient (Wildman–Crippen LogP) is 1.86. The van der Waals surface area contributed by atoms with E-state index in [1.165, 1.54) is 24.3 Å². The van der Waals surface area contributed by atoms with Crippen LogP contribution in [-0.4, -0.2) is 51.7 Å². The van der Waals surface area contributed by atoms with Crippen molar-refractivity contribution < 1.29 is 36.2 Å². The van der Waals surface area contributed by atoms with Crippen molar-refractivity contribution in [3.05, 3.63) is 29.8 Å². The normalized spacial score (nSPS) is 23.3. The van der Waals surface area contributed by atoms with Gasteiger partial charge in [-0.15, -0.1) is 0 Å². The van der Waals surface area contributed by atoms with Crippen LogP contribution in [0.3, 0.4) is 0 Å². The maximum absolute atomic E-state index is 12.5. The zero-order chi connectivity index (χ0) is 20.0. The number of ether oxygens (including phenoxy) is 3. The second kappa shape index (κ2) is 9.43. The van der Waals surface area contributed by atoms with Crippen LogP contribution in [0.25, 0.3) is 0 Å². The number of benzene rings is 1. The minimum absolute atomic E-state index is 0.0850. The molecule has 1 aromatic carbocycles. The molecule has 1 fully saturated rings. The van der Waals surface area contributed by atoms with Crippen molar-refractivity contribution in [1.29, 1.82) is 0 Å². The molecule has 0 aromatic heterocycles. The highest BCUT2D eigenvalue weighted by Crippen LogP contribution is 2.24. The Hall–Kier alpha value is -1.78. The lowest BCUT2D eigenvalue weighted by Crippen LogP contribution is -2.58. The average Bonchev–Trinajstić information content (AvgIpc) is 2.58. The van der Waals surface area contributed by atoms with Gasteiger partial charge in [0, 0.05) is 12.2 Å². The van der Waals surface area contributed by atoms with Gasteiger partial charge in [-0.25, -0.2) is 8.42 Å². The summed E-state index contributed by atoms with van der Waals surface area (Å²) >= 11 is 0. The van der Waals surface area contributed by atoms with Crippen molar-refractivity contribution in [2.75, 3.05) is 12.4 Å². The number of alkyl halides is 2.